The average Bonchev–Trinajstić information content (AvgIpc) is 3.74. The first-order valence-corrected chi connectivity index (χ1v) is 19.0. The molecule has 8 rings (SSSR count). The van der Waals surface area contributed by atoms with Gasteiger partial charge in [-0.25, -0.2) is 14.8 Å². The molecule has 0 spiro atoms. The number of rotatable bonds is 12. The van der Waals surface area contributed by atoms with Crippen LogP contribution in [0, 0.1) is 0 Å². The number of hydrogen-bond acceptors (Lipinski definition) is 7. The van der Waals surface area contributed by atoms with E-state index in [1.807, 2.05) is 84.6 Å². The number of carbonyl (C=O) groups is 1. The Labute approximate surface area is 330 Å². The minimum atomic E-state index is -0.707. The zero-order valence-corrected chi connectivity index (χ0v) is 32.3. The molecule has 56 heavy (non-hydrogen) atoms. The van der Waals surface area contributed by atoms with Crippen molar-refractivity contribution >= 4 is 45.4 Å². The first-order chi connectivity index (χ1) is 27.3. The first-order valence-electron chi connectivity index (χ1n) is 18.6. The maximum Gasteiger partial charge on any atom is 0.338 e. The molecule has 282 valence electrons. The Morgan fingerprint density at radius 1 is 0.750 bits per heavy atom. The number of allylic oxidation sites excluding steroid dienone is 1. The molecule has 0 amide bonds. The average molecular weight is 763 g/mol. The molecule has 2 aromatic heterocycles. The third kappa shape index (κ3) is 6.97. The zero-order valence-electron chi connectivity index (χ0n) is 31.5. The molecule has 1 atom stereocenters. The van der Waals surface area contributed by atoms with Gasteiger partial charge in [0.2, 0.25) is 0 Å². The predicted molar refractivity (Wildman–Crippen MR) is 221 cm³/mol. The quantitative estimate of drug-likeness (QED) is 0.0973. The summed E-state index contributed by atoms with van der Waals surface area (Å²) in [5, 5.41) is 11.2. The summed E-state index contributed by atoms with van der Waals surface area (Å²) < 4.78 is 15.8. The van der Waals surface area contributed by atoms with Crippen molar-refractivity contribution in [3.8, 4) is 11.5 Å². The second-order valence-electron chi connectivity index (χ2n) is 13.7. The Bertz CT molecular complexity index is 2580. The Hall–Kier alpha value is -6.46. The maximum absolute atomic E-state index is 14.4. The normalized spacial score (nSPS) is 14.6. The number of phenolic OH excluding ortho intramolecular Hbond substituents is 1. The molecule has 1 aliphatic heterocycles. The fraction of sp³-hybridized carbons (Fsp3) is 0.200. The molecule has 5 aromatic carbocycles. The second kappa shape index (κ2) is 15.7. The standard InChI is InChI=1S/C45H42N6O4S/c1-4-55-44(53)42-30(2)48(28-49-36-21-13-11-19-34(36)46-40(49)25-31-15-7-5-8-16-31)45(56)51(43(42)33-23-24-38(52)39(27-33)54-3)29-50-37-22-14-12-20-35(37)47-41(50)26-32-17-9-6-10-18-32/h5-24,27,43,52H,4,25-26,28-29H2,1-3H3. The van der Waals surface area contributed by atoms with Crippen molar-refractivity contribution in [1.29, 1.82) is 0 Å². The molecule has 0 aliphatic carbocycles. The Morgan fingerprint density at radius 2 is 1.29 bits per heavy atom. The number of phenols is 1. The van der Waals surface area contributed by atoms with Crippen molar-refractivity contribution in [1.82, 2.24) is 28.9 Å². The van der Waals surface area contributed by atoms with Gasteiger partial charge in [-0.05, 0) is 79.2 Å². The zero-order chi connectivity index (χ0) is 38.8. The van der Waals surface area contributed by atoms with E-state index in [2.05, 4.69) is 50.4 Å². The highest BCUT2D eigenvalue weighted by atomic mass is 32.1. The van der Waals surface area contributed by atoms with E-state index in [1.165, 1.54) is 7.11 Å². The monoisotopic (exact) mass is 762 g/mol. The smallest absolute Gasteiger partial charge is 0.338 e. The highest BCUT2D eigenvalue weighted by Gasteiger charge is 2.41. The summed E-state index contributed by atoms with van der Waals surface area (Å²) in [6.07, 6.45) is 1.19. The number of aromatic hydroxyl groups is 1. The summed E-state index contributed by atoms with van der Waals surface area (Å²) in [5.41, 5.74) is 7.65. The molecule has 10 nitrogen and oxygen atoms in total. The lowest BCUT2D eigenvalue weighted by Crippen LogP contribution is -2.51. The van der Waals surface area contributed by atoms with Crippen LogP contribution in [-0.2, 0) is 35.7 Å². The summed E-state index contributed by atoms with van der Waals surface area (Å²) in [6, 6.07) is 41.1. The molecular weight excluding hydrogens is 721 g/mol. The lowest BCUT2D eigenvalue weighted by Gasteiger charge is -2.45. The molecule has 1 unspecified atom stereocenters. The molecule has 7 aromatic rings. The summed E-state index contributed by atoms with van der Waals surface area (Å²) in [5.74, 6) is 1.53. The lowest BCUT2D eigenvalue weighted by atomic mass is 9.93. The number of benzene rings is 5. The number of para-hydroxylation sites is 4. The van der Waals surface area contributed by atoms with Crippen molar-refractivity contribution in [3.05, 3.63) is 167 Å². The molecule has 0 saturated carbocycles. The van der Waals surface area contributed by atoms with Gasteiger partial charge in [0.15, 0.2) is 16.6 Å². The number of nitrogens with zero attached hydrogens (tertiary/aromatic N) is 6. The molecule has 3 heterocycles. The van der Waals surface area contributed by atoms with Crippen molar-refractivity contribution in [2.24, 2.45) is 0 Å². The van der Waals surface area contributed by atoms with E-state index >= 15 is 0 Å². The molecule has 0 fully saturated rings. The minimum Gasteiger partial charge on any atom is -0.504 e. The van der Waals surface area contributed by atoms with E-state index in [-0.39, 0.29) is 24.8 Å². The Kier molecular flexibility index (Phi) is 10.2. The molecule has 1 N–H and O–H groups in total. The van der Waals surface area contributed by atoms with Gasteiger partial charge in [-0.1, -0.05) is 91.0 Å². The van der Waals surface area contributed by atoms with Gasteiger partial charge >= 0.3 is 5.97 Å². The SMILES string of the molecule is CCOC(=O)C1=C(C)N(Cn2c(Cc3ccccc3)nc3ccccc32)C(=S)N(Cn2c(Cc3ccccc3)nc3ccccc32)C1c1ccc(O)c(OC)c1. The maximum atomic E-state index is 14.4. The van der Waals surface area contributed by atoms with Gasteiger partial charge in [0, 0.05) is 18.5 Å². The van der Waals surface area contributed by atoms with Gasteiger partial charge in [-0.2, -0.15) is 0 Å². The van der Waals surface area contributed by atoms with Crippen molar-refractivity contribution in [2.45, 2.75) is 46.1 Å². The van der Waals surface area contributed by atoms with Crippen LogP contribution >= 0.6 is 12.2 Å². The van der Waals surface area contributed by atoms with E-state index in [4.69, 9.17) is 31.7 Å². The van der Waals surface area contributed by atoms with Crippen LogP contribution in [0.2, 0.25) is 0 Å². The van der Waals surface area contributed by atoms with E-state index in [1.54, 1.807) is 25.1 Å². The number of esters is 1. The van der Waals surface area contributed by atoms with E-state index < -0.39 is 12.0 Å². The van der Waals surface area contributed by atoms with Crippen LogP contribution in [0.5, 0.6) is 11.5 Å². The molecule has 0 radical (unpaired) electrons. The fourth-order valence-corrected chi connectivity index (χ4v) is 7.94. The molecule has 0 bridgehead atoms. The van der Waals surface area contributed by atoms with Gasteiger partial charge < -0.3 is 33.5 Å². The number of hydrogen-bond donors (Lipinski definition) is 1. The van der Waals surface area contributed by atoms with Crippen LogP contribution < -0.4 is 4.74 Å². The molecule has 1 aliphatic rings. The largest absolute Gasteiger partial charge is 0.504 e. The fourth-order valence-electron chi connectivity index (χ4n) is 7.58. The first kappa shape index (κ1) is 36.5. The number of aromatic nitrogens is 4. The highest BCUT2D eigenvalue weighted by molar-refractivity contribution is 7.80. The number of ether oxygens (including phenoxy) is 2. The lowest BCUT2D eigenvalue weighted by molar-refractivity contribution is -0.139. The van der Waals surface area contributed by atoms with Gasteiger partial charge in [0.05, 0.1) is 54.1 Å². The molecule has 11 heteroatoms. The highest BCUT2D eigenvalue weighted by Crippen LogP contribution is 2.42. The summed E-state index contributed by atoms with van der Waals surface area (Å²) >= 11 is 6.55. The van der Waals surface area contributed by atoms with Gasteiger partial charge in [-0.15, -0.1) is 0 Å². The molecule has 0 saturated heterocycles. The summed E-state index contributed by atoms with van der Waals surface area (Å²) in [7, 11) is 1.51. The van der Waals surface area contributed by atoms with Crippen LogP contribution in [0.15, 0.2) is 139 Å². The second-order valence-corrected chi connectivity index (χ2v) is 14.1. The number of imidazole rings is 2. The topological polar surface area (TPSA) is 97.9 Å². The van der Waals surface area contributed by atoms with Crippen LogP contribution in [0.4, 0.5) is 0 Å². The van der Waals surface area contributed by atoms with Crippen LogP contribution in [0.3, 0.4) is 0 Å². The number of methoxy groups -OCH3 is 1. The van der Waals surface area contributed by atoms with Crippen molar-refractivity contribution in [2.75, 3.05) is 13.7 Å². The van der Waals surface area contributed by atoms with E-state index in [0.29, 0.717) is 41.5 Å². The van der Waals surface area contributed by atoms with Crippen LogP contribution in [0.25, 0.3) is 22.1 Å². The minimum absolute atomic E-state index is 0.00937. The van der Waals surface area contributed by atoms with Gasteiger partial charge in [0.25, 0.3) is 0 Å². The third-order valence-corrected chi connectivity index (χ3v) is 10.8. The Morgan fingerprint density at radius 3 is 1.84 bits per heavy atom. The Balaban J connectivity index is 1.31. The van der Waals surface area contributed by atoms with Gasteiger partial charge in [0.1, 0.15) is 18.3 Å². The summed E-state index contributed by atoms with van der Waals surface area (Å²) in [4.78, 5) is 28.6. The van der Waals surface area contributed by atoms with Crippen molar-refractivity contribution < 1.29 is 19.4 Å². The van der Waals surface area contributed by atoms with E-state index in [0.717, 1.165) is 44.8 Å². The predicted octanol–water partition coefficient (Wildman–Crippen LogP) is 8.38. The van der Waals surface area contributed by atoms with Crippen molar-refractivity contribution in [3.63, 3.8) is 0 Å². The van der Waals surface area contributed by atoms with Crippen LogP contribution in [-0.4, -0.2) is 58.8 Å². The summed E-state index contributed by atoms with van der Waals surface area (Å²) in [6.45, 7) is 4.45. The number of thiocarbonyl (C=S) groups is 1. The number of fused-ring (bicyclic) bond motifs is 2. The number of carbonyl (C=O) groups excluding carboxylic acids is 1. The third-order valence-electron chi connectivity index (χ3n) is 10.3. The van der Waals surface area contributed by atoms with Crippen LogP contribution in [0.1, 0.15) is 48.2 Å². The molecular formula is C45H42N6O4S. The van der Waals surface area contributed by atoms with E-state index in [9.17, 15) is 9.90 Å². The van der Waals surface area contributed by atoms with Gasteiger partial charge in [-0.3, -0.25) is 0 Å².